The highest BCUT2D eigenvalue weighted by Crippen LogP contribution is 2.24. The normalized spacial score (nSPS) is 11.0. The van der Waals surface area contributed by atoms with Gasteiger partial charge in [0.05, 0.1) is 17.3 Å². The summed E-state index contributed by atoms with van der Waals surface area (Å²) in [4.78, 5) is 16.3. The third-order valence-corrected chi connectivity index (χ3v) is 2.98. The van der Waals surface area contributed by atoms with Gasteiger partial charge in [0.25, 0.3) is 0 Å². The van der Waals surface area contributed by atoms with Crippen molar-refractivity contribution in [1.29, 1.82) is 0 Å². The molecule has 3 nitrogen and oxygen atoms in total. The average Bonchev–Trinajstić information content (AvgIpc) is 2.41. The summed E-state index contributed by atoms with van der Waals surface area (Å²) in [6.07, 6.45) is 3.32. The van der Waals surface area contributed by atoms with E-state index in [4.69, 9.17) is 0 Å². The van der Waals surface area contributed by atoms with E-state index in [1.807, 2.05) is 50.2 Å². The van der Waals surface area contributed by atoms with Crippen LogP contribution >= 0.6 is 0 Å². The van der Waals surface area contributed by atoms with Gasteiger partial charge in [-0.05, 0) is 31.5 Å². The minimum Gasteiger partial charge on any atom is -0.324 e. The van der Waals surface area contributed by atoms with Crippen LogP contribution in [0.2, 0.25) is 0 Å². The molecule has 92 valence electrons. The maximum Gasteiger partial charge on any atom is 0.234 e. The van der Waals surface area contributed by atoms with E-state index < -0.39 is 5.41 Å². The van der Waals surface area contributed by atoms with Crippen molar-refractivity contribution in [3.63, 3.8) is 0 Å². The van der Waals surface area contributed by atoms with Gasteiger partial charge in [-0.3, -0.25) is 9.78 Å². The molecule has 0 aliphatic heterocycles. The van der Waals surface area contributed by atoms with Gasteiger partial charge in [-0.25, -0.2) is 0 Å². The molecule has 0 aliphatic rings. The smallest absolute Gasteiger partial charge is 0.234 e. The summed E-state index contributed by atoms with van der Waals surface area (Å²) in [5.41, 5.74) is 1.13. The fraction of sp³-hybridized carbons (Fsp3) is 0.200. The number of aromatic nitrogens is 1. The van der Waals surface area contributed by atoms with E-state index in [1.165, 1.54) is 0 Å². The second-order valence-corrected chi connectivity index (χ2v) is 4.69. The van der Waals surface area contributed by atoms with E-state index in [-0.39, 0.29) is 5.91 Å². The van der Waals surface area contributed by atoms with Gasteiger partial charge in [0.1, 0.15) is 0 Å². The monoisotopic (exact) mass is 240 g/mol. The molecule has 1 aromatic carbocycles. The fourth-order valence-electron chi connectivity index (χ4n) is 1.71. The first kappa shape index (κ1) is 12.3. The van der Waals surface area contributed by atoms with Gasteiger partial charge in [0, 0.05) is 6.20 Å². The number of carbonyl (C=O) groups is 1. The van der Waals surface area contributed by atoms with Gasteiger partial charge in [-0.2, -0.15) is 0 Å². The van der Waals surface area contributed by atoms with E-state index in [0.29, 0.717) is 5.69 Å². The largest absolute Gasteiger partial charge is 0.324 e. The molecule has 0 saturated carbocycles. The minimum atomic E-state index is -0.572. The Bertz CT molecular complexity index is 521. The second-order valence-electron chi connectivity index (χ2n) is 4.69. The highest BCUT2D eigenvalue weighted by Gasteiger charge is 2.29. The Kier molecular flexibility index (Phi) is 3.42. The molecular formula is C15H16N2O. The molecule has 0 bridgehead atoms. The number of pyridine rings is 1. The molecule has 0 aliphatic carbocycles. The van der Waals surface area contributed by atoms with Gasteiger partial charge in [-0.1, -0.05) is 30.3 Å². The lowest BCUT2D eigenvalue weighted by Gasteiger charge is -2.24. The van der Waals surface area contributed by atoms with Crippen LogP contribution in [0.1, 0.15) is 19.4 Å². The number of hydrogen-bond donors (Lipinski definition) is 1. The van der Waals surface area contributed by atoms with E-state index in [1.54, 1.807) is 18.5 Å². The molecule has 1 aromatic heterocycles. The number of benzene rings is 1. The van der Waals surface area contributed by atoms with E-state index >= 15 is 0 Å². The zero-order chi connectivity index (χ0) is 13.0. The van der Waals surface area contributed by atoms with Crippen molar-refractivity contribution in [2.75, 3.05) is 5.32 Å². The first-order valence-electron chi connectivity index (χ1n) is 5.88. The highest BCUT2D eigenvalue weighted by atomic mass is 16.2. The summed E-state index contributed by atoms with van der Waals surface area (Å²) in [5.74, 6) is -0.0401. The number of anilines is 1. The molecule has 18 heavy (non-hydrogen) atoms. The van der Waals surface area contributed by atoms with Crippen molar-refractivity contribution in [3.8, 4) is 0 Å². The van der Waals surface area contributed by atoms with E-state index in [0.717, 1.165) is 5.56 Å². The molecule has 2 aromatic rings. The van der Waals surface area contributed by atoms with Gasteiger partial charge in [-0.15, -0.1) is 0 Å². The van der Waals surface area contributed by atoms with Gasteiger partial charge in [0.2, 0.25) is 5.91 Å². The van der Waals surface area contributed by atoms with Gasteiger partial charge >= 0.3 is 0 Å². The zero-order valence-electron chi connectivity index (χ0n) is 10.6. The van der Waals surface area contributed by atoms with Gasteiger partial charge in [0.15, 0.2) is 0 Å². The van der Waals surface area contributed by atoms with Crippen LogP contribution < -0.4 is 5.32 Å². The van der Waals surface area contributed by atoms with Crippen molar-refractivity contribution >= 4 is 11.6 Å². The van der Waals surface area contributed by atoms with Crippen molar-refractivity contribution in [2.24, 2.45) is 0 Å². The van der Waals surface area contributed by atoms with Crippen LogP contribution in [0.25, 0.3) is 0 Å². The van der Waals surface area contributed by atoms with Crippen LogP contribution in [-0.4, -0.2) is 10.9 Å². The maximum atomic E-state index is 12.3. The van der Waals surface area contributed by atoms with Crippen molar-refractivity contribution < 1.29 is 4.79 Å². The number of rotatable bonds is 3. The fourth-order valence-corrected chi connectivity index (χ4v) is 1.71. The van der Waals surface area contributed by atoms with Crippen molar-refractivity contribution in [2.45, 2.75) is 19.3 Å². The number of nitrogens with zero attached hydrogens (tertiary/aromatic N) is 1. The molecule has 0 radical (unpaired) electrons. The summed E-state index contributed by atoms with van der Waals surface area (Å²) in [6, 6.07) is 13.4. The van der Waals surface area contributed by atoms with Crippen LogP contribution in [0.3, 0.4) is 0 Å². The molecule has 2 rings (SSSR count). The van der Waals surface area contributed by atoms with Crippen LogP contribution in [0.4, 0.5) is 5.69 Å². The summed E-state index contributed by atoms with van der Waals surface area (Å²) < 4.78 is 0. The van der Waals surface area contributed by atoms with Gasteiger partial charge < -0.3 is 5.32 Å². The Morgan fingerprint density at radius 2 is 1.83 bits per heavy atom. The second kappa shape index (κ2) is 5.00. The molecule has 1 N–H and O–H groups in total. The highest BCUT2D eigenvalue weighted by molar-refractivity contribution is 5.98. The number of hydrogen-bond acceptors (Lipinski definition) is 2. The van der Waals surface area contributed by atoms with Crippen LogP contribution in [0.5, 0.6) is 0 Å². The predicted molar refractivity (Wildman–Crippen MR) is 72.3 cm³/mol. The lowest BCUT2D eigenvalue weighted by Crippen LogP contribution is -2.34. The third-order valence-electron chi connectivity index (χ3n) is 2.98. The quantitative estimate of drug-likeness (QED) is 0.896. The number of amides is 1. The Balaban J connectivity index is 2.18. The lowest BCUT2D eigenvalue weighted by atomic mass is 9.84. The number of nitrogens with one attached hydrogen (secondary N) is 1. The Labute approximate surface area is 107 Å². The zero-order valence-corrected chi connectivity index (χ0v) is 10.6. The van der Waals surface area contributed by atoms with Crippen LogP contribution in [0, 0.1) is 0 Å². The molecular weight excluding hydrogens is 224 g/mol. The molecule has 1 amide bonds. The predicted octanol–water partition coefficient (Wildman–Crippen LogP) is 3.00. The Hall–Kier alpha value is -2.16. The molecule has 0 atom stereocenters. The summed E-state index contributed by atoms with van der Waals surface area (Å²) >= 11 is 0. The SMILES string of the molecule is CC(C)(C(=O)Nc1cccnc1)c1ccccc1. The molecule has 0 saturated heterocycles. The summed E-state index contributed by atoms with van der Waals surface area (Å²) in [5, 5.41) is 2.88. The van der Waals surface area contributed by atoms with E-state index in [2.05, 4.69) is 10.3 Å². The molecule has 0 unspecified atom stereocenters. The maximum absolute atomic E-state index is 12.3. The first-order valence-corrected chi connectivity index (χ1v) is 5.88. The first-order chi connectivity index (χ1) is 8.60. The summed E-state index contributed by atoms with van der Waals surface area (Å²) in [7, 11) is 0. The molecule has 0 spiro atoms. The topological polar surface area (TPSA) is 42.0 Å². The molecule has 1 heterocycles. The Morgan fingerprint density at radius 3 is 2.44 bits per heavy atom. The lowest BCUT2D eigenvalue weighted by molar-refractivity contribution is -0.120. The average molecular weight is 240 g/mol. The third kappa shape index (κ3) is 2.56. The van der Waals surface area contributed by atoms with E-state index in [9.17, 15) is 4.79 Å². The van der Waals surface area contributed by atoms with Crippen LogP contribution in [-0.2, 0) is 10.2 Å². The van der Waals surface area contributed by atoms with Crippen molar-refractivity contribution in [3.05, 3.63) is 60.4 Å². The Morgan fingerprint density at radius 1 is 1.11 bits per heavy atom. The number of carbonyl (C=O) groups excluding carboxylic acids is 1. The summed E-state index contributed by atoms with van der Waals surface area (Å²) in [6.45, 7) is 3.82. The molecule has 3 heteroatoms. The molecule has 0 fully saturated rings. The van der Waals surface area contributed by atoms with Crippen LogP contribution in [0.15, 0.2) is 54.9 Å². The standard InChI is InChI=1S/C15H16N2O/c1-15(2,12-7-4-3-5-8-12)14(18)17-13-9-6-10-16-11-13/h3-11H,1-2H3,(H,17,18). The minimum absolute atomic E-state index is 0.0401. The van der Waals surface area contributed by atoms with Crippen molar-refractivity contribution in [1.82, 2.24) is 4.98 Å².